The fourth-order valence-corrected chi connectivity index (χ4v) is 2.45. The number of aromatic nitrogens is 2. The first-order valence-corrected chi connectivity index (χ1v) is 6.65. The Balaban J connectivity index is 1.81. The van der Waals surface area contributed by atoms with Crippen LogP contribution in [-0.4, -0.2) is 34.1 Å². The van der Waals surface area contributed by atoms with Gasteiger partial charge in [0.05, 0.1) is 11.8 Å². The number of amides is 1. The van der Waals surface area contributed by atoms with Gasteiger partial charge in [-0.15, -0.1) is 0 Å². The molecule has 0 aliphatic carbocycles. The van der Waals surface area contributed by atoms with E-state index in [9.17, 15) is 4.79 Å². The van der Waals surface area contributed by atoms with Crippen LogP contribution in [0, 0.1) is 6.92 Å². The van der Waals surface area contributed by atoms with Gasteiger partial charge in [0.1, 0.15) is 5.76 Å². The Bertz CT molecular complexity index is 579. The third kappa shape index (κ3) is 2.28. The highest BCUT2D eigenvalue weighted by molar-refractivity contribution is 5.92. The van der Waals surface area contributed by atoms with Crippen LogP contribution in [0.3, 0.4) is 0 Å². The van der Waals surface area contributed by atoms with E-state index in [1.165, 1.54) is 6.42 Å². The van der Waals surface area contributed by atoms with Crippen LogP contribution in [0.1, 0.15) is 35.5 Å². The van der Waals surface area contributed by atoms with E-state index in [1.807, 2.05) is 17.9 Å². The van der Waals surface area contributed by atoms with Crippen molar-refractivity contribution in [1.82, 2.24) is 15.1 Å². The highest BCUT2D eigenvalue weighted by Gasteiger charge is 2.21. The van der Waals surface area contributed by atoms with E-state index < -0.39 is 0 Å². The number of hydrogen-bond donors (Lipinski definition) is 1. The van der Waals surface area contributed by atoms with E-state index in [4.69, 9.17) is 4.42 Å². The summed E-state index contributed by atoms with van der Waals surface area (Å²) in [6.45, 7) is 3.59. The maximum absolute atomic E-state index is 12.3. The zero-order valence-electron chi connectivity index (χ0n) is 11.0. The number of rotatable bonds is 2. The van der Waals surface area contributed by atoms with Gasteiger partial charge >= 0.3 is 0 Å². The molecule has 0 aromatic carbocycles. The molecule has 0 radical (unpaired) electrons. The summed E-state index contributed by atoms with van der Waals surface area (Å²) in [5.41, 5.74) is 1.84. The van der Waals surface area contributed by atoms with Gasteiger partial charge < -0.3 is 9.32 Å². The molecule has 1 amide bonds. The quantitative estimate of drug-likeness (QED) is 0.901. The van der Waals surface area contributed by atoms with E-state index in [1.54, 1.807) is 12.3 Å². The van der Waals surface area contributed by atoms with Crippen molar-refractivity contribution in [3.8, 4) is 11.3 Å². The van der Waals surface area contributed by atoms with Crippen LogP contribution in [0.2, 0.25) is 0 Å². The molecule has 0 atom stereocenters. The number of aryl methyl sites for hydroxylation is 1. The van der Waals surface area contributed by atoms with Crippen molar-refractivity contribution < 1.29 is 9.21 Å². The summed E-state index contributed by atoms with van der Waals surface area (Å²) in [5, 5.41) is 6.83. The number of furan rings is 1. The monoisotopic (exact) mass is 259 g/mol. The molecule has 1 fully saturated rings. The van der Waals surface area contributed by atoms with E-state index in [-0.39, 0.29) is 5.91 Å². The van der Waals surface area contributed by atoms with Gasteiger partial charge in [0.15, 0.2) is 5.76 Å². The van der Waals surface area contributed by atoms with Crippen LogP contribution in [0.25, 0.3) is 11.3 Å². The fraction of sp³-hybridized carbons (Fsp3) is 0.429. The minimum absolute atomic E-state index is 0.00732. The summed E-state index contributed by atoms with van der Waals surface area (Å²) >= 11 is 0. The van der Waals surface area contributed by atoms with Crippen molar-refractivity contribution in [2.75, 3.05) is 13.1 Å². The molecule has 3 heterocycles. The highest BCUT2D eigenvalue weighted by Crippen LogP contribution is 2.25. The first kappa shape index (κ1) is 12.0. The summed E-state index contributed by atoms with van der Waals surface area (Å²) in [7, 11) is 0. The lowest BCUT2D eigenvalue weighted by atomic mass is 10.1. The Morgan fingerprint density at radius 2 is 2.11 bits per heavy atom. The third-order valence-electron chi connectivity index (χ3n) is 3.56. The maximum atomic E-state index is 12.3. The predicted octanol–water partition coefficient (Wildman–Crippen LogP) is 2.60. The zero-order valence-corrected chi connectivity index (χ0v) is 11.0. The number of carbonyl (C=O) groups excluding carboxylic acids is 1. The van der Waals surface area contributed by atoms with Gasteiger partial charge in [-0.25, -0.2) is 0 Å². The lowest BCUT2D eigenvalue weighted by Crippen LogP contribution is -2.35. The topological polar surface area (TPSA) is 62.1 Å². The number of carbonyl (C=O) groups is 1. The summed E-state index contributed by atoms with van der Waals surface area (Å²) in [6.07, 6.45) is 5.09. The molecule has 0 saturated carbocycles. The minimum Gasteiger partial charge on any atom is -0.451 e. The third-order valence-corrected chi connectivity index (χ3v) is 3.56. The highest BCUT2D eigenvalue weighted by atomic mass is 16.4. The van der Waals surface area contributed by atoms with Gasteiger partial charge in [0.25, 0.3) is 5.91 Å². The molecule has 0 bridgehead atoms. The second-order valence-corrected chi connectivity index (χ2v) is 4.93. The second kappa shape index (κ2) is 4.91. The van der Waals surface area contributed by atoms with Gasteiger partial charge in [-0.1, -0.05) is 0 Å². The molecule has 3 rings (SSSR count). The lowest BCUT2D eigenvalue weighted by molar-refractivity contribution is 0.0693. The van der Waals surface area contributed by atoms with Crippen molar-refractivity contribution in [2.45, 2.75) is 26.2 Å². The first-order valence-electron chi connectivity index (χ1n) is 6.65. The van der Waals surface area contributed by atoms with Crippen molar-refractivity contribution in [2.24, 2.45) is 0 Å². The molecule has 5 heteroatoms. The standard InChI is InChI=1S/C14H17N3O2/c1-10-11(9-15-16-10)12-5-6-13(19-12)14(18)17-7-3-2-4-8-17/h5-6,9H,2-4,7-8H2,1H3,(H,15,16). The summed E-state index contributed by atoms with van der Waals surface area (Å²) in [4.78, 5) is 14.1. The molecule has 1 aliphatic heterocycles. The number of aromatic amines is 1. The van der Waals surface area contributed by atoms with Crippen LogP contribution in [0.5, 0.6) is 0 Å². The van der Waals surface area contributed by atoms with Crippen molar-refractivity contribution in [3.05, 3.63) is 29.8 Å². The Labute approximate surface area is 111 Å². The Hall–Kier alpha value is -2.04. The second-order valence-electron chi connectivity index (χ2n) is 4.93. The minimum atomic E-state index is -0.00732. The fourth-order valence-electron chi connectivity index (χ4n) is 2.45. The Kier molecular flexibility index (Phi) is 3.11. The smallest absolute Gasteiger partial charge is 0.289 e. The van der Waals surface area contributed by atoms with Crippen LogP contribution in [0.4, 0.5) is 0 Å². The summed E-state index contributed by atoms with van der Waals surface area (Å²) < 4.78 is 5.67. The summed E-state index contributed by atoms with van der Waals surface area (Å²) in [6, 6.07) is 3.58. The molecule has 1 aliphatic rings. The SMILES string of the molecule is Cc1[nH]ncc1-c1ccc(C(=O)N2CCCCC2)o1. The van der Waals surface area contributed by atoms with Crippen LogP contribution >= 0.6 is 0 Å². The molecular formula is C14H17N3O2. The molecular weight excluding hydrogens is 242 g/mol. The predicted molar refractivity (Wildman–Crippen MR) is 70.8 cm³/mol. The molecule has 5 nitrogen and oxygen atoms in total. The average Bonchev–Trinajstić information content (AvgIpc) is 3.07. The molecule has 100 valence electrons. The zero-order chi connectivity index (χ0) is 13.2. The number of nitrogens with zero attached hydrogens (tertiary/aromatic N) is 2. The van der Waals surface area contributed by atoms with Gasteiger partial charge in [-0.2, -0.15) is 5.10 Å². The van der Waals surface area contributed by atoms with Crippen LogP contribution in [-0.2, 0) is 0 Å². The van der Waals surface area contributed by atoms with Crippen molar-refractivity contribution in [3.63, 3.8) is 0 Å². The maximum Gasteiger partial charge on any atom is 0.289 e. The van der Waals surface area contributed by atoms with E-state index >= 15 is 0 Å². The molecule has 0 unspecified atom stereocenters. The van der Waals surface area contributed by atoms with Crippen molar-refractivity contribution in [1.29, 1.82) is 0 Å². The number of nitrogens with one attached hydrogen (secondary N) is 1. The molecule has 2 aromatic rings. The number of piperidine rings is 1. The number of H-pyrrole nitrogens is 1. The van der Waals surface area contributed by atoms with Gasteiger partial charge in [-0.3, -0.25) is 9.89 Å². The first-order chi connectivity index (χ1) is 9.25. The molecule has 2 aromatic heterocycles. The molecule has 1 N–H and O–H groups in total. The lowest BCUT2D eigenvalue weighted by Gasteiger charge is -2.25. The normalized spacial score (nSPS) is 15.7. The largest absolute Gasteiger partial charge is 0.451 e. The Morgan fingerprint density at radius 1 is 1.32 bits per heavy atom. The summed E-state index contributed by atoms with van der Waals surface area (Å²) in [5.74, 6) is 1.09. The van der Waals surface area contributed by atoms with E-state index in [2.05, 4.69) is 10.2 Å². The van der Waals surface area contributed by atoms with Gasteiger partial charge in [-0.05, 0) is 38.3 Å². The Morgan fingerprint density at radius 3 is 2.79 bits per heavy atom. The number of hydrogen-bond acceptors (Lipinski definition) is 3. The van der Waals surface area contributed by atoms with Gasteiger partial charge in [0, 0.05) is 18.8 Å². The molecule has 19 heavy (non-hydrogen) atoms. The molecule has 1 saturated heterocycles. The number of likely N-dealkylation sites (tertiary alicyclic amines) is 1. The van der Waals surface area contributed by atoms with E-state index in [0.717, 1.165) is 37.2 Å². The average molecular weight is 259 g/mol. The molecule has 0 spiro atoms. The van der Waals surface area contributed by atoms with Crippen molar-refractivity contribution >= 4 is 5.91 Å². The van der Waals surface area contributed by atoms with Gasteiger partial charge in [0.2, 0.25) is 0 Å². The van der Waals surface area contributed by atoms with Crippen LogP contribution in [0.15, 0.2) is 22.7 Å². The van der Waals surface area contributed by atoms with Crippen LogP contribution < -0.4 is 0 Å². The van der Waals surface area contributed by atoms with E-state index in [0.29, 0.717) is 11.5 Å².